The Balaban J connectivity index is 2.03. The molecular formula is C24H32FNOS. The SMILES string of the molecule is CCCCC1(CCCC)CSc2ccc(F)cc2N(c2ccc(OC)cc2)C1. The fraction of sp³-hybridized carbons (Fsp3) is 0.500. The summed E-state index contributed by atoms with van der Waals surface area (Å²) in [4.78, 5) is 3.51. The van der Waals surface area contributed by atoms with E-state index in [1.165, 1.54) is 43.4 Å². The highest BCUT2D eigenvalue weighted by atomic mass is 32.2. The summed E-state index contributed by atoms with van der Waals surface area (Å²) < 4.78 is 19.5. The van der Waals surface area contributed by atoms with E-state index in [-0.39, 0.29) is 11.2 Å². The zero-order chi connectivity index (χ0) is 20.0. The van der Waals surface area contributed by atoms with Crippen molar-refractivity contribution in [3.8, 4) is 5.75 Å². The number of ether oxygens (including phenoxy) is 1. The van der Waals surface area contributed by atoms with Gasteiger partial charge < -0.3 is 9.64 Å². The lowest BCUT2D eigenvalue weighted by Crippen LogP contribution is -2.36. The maximum atomic E-state index is 14.2. The molecule has 0 aromatic heterocycles. The van der Waals surface area contributed by atoms with E-state index in [2.05, 4.69) is 30.9 Å². The number of halogens is 1. The van der Waals surface area contributed by atoms with Crippen LogP contribution in [0.15, 0.2) is 47.4 Å². The van der Waals surface area contributed by atoms with E-state index in [4.69, 9.17) is 4.74 Å². The molecule has 28 heavy (non-hydrogen) atoms. The minimum Gasteiger partial charge on any atom is -0.497 e. The predicted octanol–water partition coefficient (Wildman–Crippen LogP) is 7.44. The van der Waals surface area contributed by atoms with Gasteiger partial charge in [0.15, 0.2) is 0 Å². The Hall–Kier alpha value is -1.68. The van der Waals surface area contributed by atoms with Crippen molar-refractivity contribution < 1.29 is 9.13 Å². The van der Waals surface area contributed by atoms with Gasteiger partial charge in [0.2, 0.25) is 0 Å². The van der Waals surface area contributed by atoms with Crippen molar-refractivity contribution in [3.05, 3.63) is 48.3 Å². The molecule has 1 heterocycles. The van der Waals surface area contributed by atoms with Crippen molar-refractivity contribution >= 4 is 23.1 Å². The van der Waals surface area contributed by atoms with Gasteiger partial charge in [0, 0.05) is 22.9 Å². The van der Waals surface area contributed by atoms with E-state index in [0.717, 1.165) is 29.4 Å². The molecule has 2 aromatic rings. The molecule has 1 aliphatic heterocycles. The first-order valence-corrected chi connectivity index (χ1v) is 11.4. The minimum atomic E-state index is -0.174. The van der Waals surface area contributed by atoms with Gasteiger partial charge in [-0.25, -0.2) is 4.39 Å². The zero-order valence-electron chi connectivity index (χ0n) is 17.3. The Labute approximate surface area is 173 Å². The Bertz CT molecular complexity index is 754. The number of thioether (sulfide) groups is 1. The maximum absolute atomic E-state index is 14.2. The second-order valence-electron chi connectivity index (χ2n) is 7.89. The molecule has 3 rings (SSSR count). The molecule has 0 aliphatic carbocycles. The third-order valence-corrected chi connectivity index (χ3v) is 7.16. The highest BCUT2D eigenvalue weighted by molar-refractivity contribution is 7.99. The number of methoxy groups -OCH3 is 1. The van der Waals surface area contributed by atoms with Gasteiger partial charge in [0.1, 0.15) is 11.6 Å². The number of nitrogens with zero attached hydrogens (tertiary/aromatic N) is 1. The fourth-order valence-corrected chi connectivity index (χ4v) is 5.37. The van der Waals surface area contributed by atoms with Gasteiger partial charge in [-0.3, -0.25) is 0 Å². The molecule has 2 nitrogen and oxygen atoms in total. The molecule has 0 saturated carbocycles. The molecule has 0 spiro atoms. The van der Waals surface area contributed by atoms with Crippen molar-refractivity contribution in [2.24, 2.45) is 5.41 Å². The summed E-state index contributed by atoms with van der Waals surface area (Å²) in [5.41, 5.74) is 2.34. The van der Waals surface area contributed by atoms with Crippen LogP contribution in [-0.2, 0) is 0 Å². The summed E-state index contributed by atoms with van der Waals surface area (Å²) in [6.07, 6.45) is 7.35. The zero-order valence-corrected chi connectivity index (χ0v) is 18.2. The summed E-state index contributed by atoms with van der Waals surface area (Å²) >= 11 is 1.90. The number of benzene rings is 2. The van der Waals surface area contributed by atoms with Crippen LogP contribution in [0.5, 0.6) is 5.75 Å². The van der Waals surface area contributed by atoms with Crippen LogP contribution >= 0.6 is 11.8 Å². The molecule has 0 saturated heterocycles. The van der Waals surface area contributed by atoms with Gasteiger partial charge in [-0.05, 0) is 60.7 Å². The molecule has 2 aromatic carbocycles. The van der Waals surface area contributed by atoms with Gasteiger partial charge in [0.25, 0.3) is 0 Å². The van der Waals surface area contributed by atoms with Crippen LogP contribution in [0.4, 0.5) is 15.8 Å². The number of rotatable bonds is 8. The second kappa shape index (κ2) is 9.69. The lowest BCUT2D eigenvalue weighted by molar-refractivity contribution is 0.274. The smallest absolute Gasteiger partial charge is 0.125 e. The molecule has 0 amide bonds. The lowest BCUT2D eigenvalue weighted by Gasteiger charge is -2.37. The Morgan fingerprint density at radius 2 is 1.71 bits per heavy atom. The van der Waals surface area contributed by atoms with Crippen molar-refractivity contribution in [1.29, 1.82) is 0 Å². The number of fused-ring (bicyclic) bond motifs is 1. The van der Waals surface area contributed by atoms with Crippen LogP contribution < -0.4 is 9.64 Å². The van der Waals surface area contributed by atoms with E-state index in [1.54, 1.807) is 19.2 Å². The second-order valence-corrected chi connectivity index (χ2v) is 8.91. The van der Waals surface area contributed by atoms with Gasteiger partial charge in [-0.1, -0.05) is 39.5 Å². The third kappa shape index (κ3) is 4.83. The molecule has 0 N–H and O–H groups in total. The van der Waals surface area contributed by atoms with Crippen molar-refractivity contribution in [2.45, 2.75) is 57.3 Å². The Morgan fingerprint density at radius 1 is 1.04 bits per heavy atom. The summed E-state index contributed by atoms with van der Waals surface area (Å²) in [6, 6.07) is 13.4. The first-order chi connectivity index (χ1) is 13.6. The van der Waals surface area contributed by atoms with Gasteiger partial charge in [-0.2, -0.15) is 0 Å². The van der Waals surface area contributed by atoms with Gasteiger partial charge >= 0.3 is 0 Å². The summed E-state index contributed by atoms with van der Waals surface area (Å²) in [5.74, 6) is 1.77. The Morgan fingerprint density at radius 3 is 2.32 bits per heavy atom. The van der Waals surface area contributed by atoms with Crippen LogP contribution in [0.2, 0.25) is 0 Å². The van der Waals surface area contributed by atoms with E-state index in [9.17, 15) is 4.39 Å². The van der Waals surface area contributed by atoms with Gasteiger partial charge in [-0.15, -0.1) is 11.8 Å². The van der Waals surface area contributed by atoms with E-state index < -0.39 is 0 Å². The van der Waals surface area contributed by atoms with Crippen LogP contribution in [0, 0.1) is 11.2 Å². The highest BCUT2D eigenvalue weighted by Gasteiger charge is 2.35. The number of hydrogen-bond acceptors (Lipinski definition) is 3. The van der Waals surface area contributed by atoms with Crippen molar-refractivity contribution in [1.82, 2.24) is 0 Å². The normalized spacial score (nSPS) is 15.8. The van der Waals surface area contributed by atoms with Crippen LogP contribution in [0.3, 0.4) is 0 Å². The average Bonchev–Trinajstić information content (AvgIpc) is 2.88. The number of hydrogen-bond donors (Lipinski definition) is 0. The topological polar surface area (TPSA) is 12.5 Å². The maximum Gasteiger partial charge on any atom is 0.125 e. The summed E-state index contributed by atoms with van der Waals surface area (Å²) in [7, 11) is 1.68. The molecule has 0 bridgehead atoms. The fourth-order valence-electron chi connectivity index (χ4n) is 4.04. The first kappa shape index (κ1) is 21.0. The van der Waals surface area contributed by atoms with Gasteiger partial charge in [0.05, 0.1) is 12.8 Å². The van der Waals surface area contributed by atoms with Crippen molar-refractivity contribution in [3.63, 3.8) is 0 Å². The number of unbranched alkanes of at least 4 members (excludes halogenated alkanes) is 2. The Kier molecular flexibility index (Phi) is 7.28. The van der Waals surface area contributed by atoms with Crippen LogP contribution in [0.25, 0.3) is 0 Å². The lowest BCUT2D eigenvalue weighted by atomic mass is 9.79. The first-order valence-electron chi connectivity index (χ1n) is 10.4. The average molecular weight is 402 g/mol. The molecule has 1 aliphatic rings. The van der Waals surface area contributed by atoms with E-state index >= 15 is 0 Å². The third-order valence-electron chi connectivity index (χ3n) is 5.74. The largest absolute Gasteiger partial charge is 0.497 e. The highest BCUT2D eigenvalue weighted by Crippen LogP contribution is 2.47. The molecule has 0 fully saturated rings. The molecule has 0 unspecified atom stereocenters. The van der Waals surface area contributed by atoms with E-state index in [0.29, 0.717) is 0 Å². The summed E-state index contributed by atoms with van der Waals surface area (Å²) in [6.45, 7) is 5.47. The molecular weight excluding hydrogens is 369 g/mol. The molecule has 0 radical (unpaired) electrons. The van der Waals surface area contributed by atoms with Crippen LogP contribution in [0.1, 0.15) is 52.4 Å². The minimum absolute atomic E-state index is 0.174. The molecule has 4 heteroatoms. The van der Waals surface area contributed by atoms with E-state index in [1.807, 2.05) is 30.0 Å². The molecule has 0 atom stereocenters. The summed E-state index contributed by atoms with van der Waals surface area (Å²) in [5, 5.41) is 0. The monoisotopic (exact) mass is 401 g/mol. The predicted molar refractivity (Wildman–Crippen MR) is 119 cm³/mol. The van der Waals surface area contributed by atoms with Crippen LogP contribution in [-0.4, -0.2) is 19.4 Å². The van der Waals surface area contributed by atoms with Crippen molar-refractivity contribution in [2.75, 3.05) is 24.3 Å². The molecule has 152 valence electrons. The quantitative estimate of drug-likeness (QED) is 0.456. The number of anilines is 2. The standard InChI is InChI=1S/C24H32FNOS/c1-4-6-14-24(15-7-5-2)17-26(20-9-11-21(27-3)12-10-20)22-16-19(25)8-13-23(22)28-18-24/h8-13,16H,4-7,14-15,17-18H2,1-3H3.